The highest BCUT2D eigenvalue weighted by Gasteiger charge is 2.28. The van der Waals surface area contributed by atoms with Crippen LogP contribution in [0.15, 0.2) is 30.3 Å². The van der Waals surface area contributed by atoms with Crippen LogP contribution in [0.5, 0.6) is 0 Å². The Labute approximate surface area is 122 Å². The molecule has 1 heterocycles. The molecule has 0 spiro atoms. The Morgan fingerprint density at radius 1 is 1.25 bits per heavy atom. The Bertz CT molecular complexity index is 434. The normalized spacial score (nSPS) is 17.2. The summed E-state index contributed by atoms with van der Waals surface area (Å²) in [6, 6.07) is 10.9. The lowest BCUT2D eigenvalue weighted by atomic mass is 9.81. The van der Waals surface area contributed by atoms with Crippen molar-refractivity contribution in [3.63, 3.8) is 0 Å². The molecule has 0 saturated carbocycles. The van der Waals surface area contributed by atoms with E-state index >= 15 is 0 Å². The van der Waals surface area contributed by atoms with E-state index in [1.165, 1.54) is 5.56 Å². The minimum absolute atomic E-state index is 0.0990. The fourth-order valence-electron chi connectivity index (χ4n) is 2.90. The maximum atomic E-state index is 12.5. The van der Waals surface area contributed by atoms with Crippen LogP contribution in [0.2, 0.25) is 0 Å². The molecule has 0 unspecified atom stereocenters. The number of rotatable bonds is 4. The van der Waals surface area contributed by atoms with Gasteiger partial charge in [0.05, 0.1) is 0 Å². The number of nitrogens with zero attached hydrogens (tertiary/aromatic N) is 1. The quantitative estimate of drug-likeness (QED) is 0.915. The van der Waals surface area contributed by atoms with Crippen molar-refractivity contribution in [3.05, 3.63) is 35.9 Å². The van der Waals surface area contributed by atoms with Crippen molar-refractivity contribution in [1.82, 2.24) is 10.2 Å². The van der Waals surface area contributed by atoms with Crippen LogP contribution in [0.1, 0.15) is 38.7 Å². The van der Waals surface area contributed by atoms with Gasteiger partial charge in [-0.25, -0.2) is 0 Å². The zero-order chi connectivity index (χ0) is 14.6. The first-order valence-electron chi connectivity index (χ1n) is 7.53. The molecule has 0 bridgehead atoms. The SMILES string of the molecule is CNC1CCN(C(=O)CC(C)(C)c2ccccc2)CC1. The predicted octanol–water partition coefficient (Wildman–Crippen LogP) is 2.56. The minimum atomic E-state index is -0.0990. The fraction of sp³-hybridized carbons (Fsp3) is 0.588. The number of piperidine rings is 1. The number of amides is 1. The Morgan fingerprint density at radius 3 is 2.40 bits per heavy atom. The second kappa shape index (κ2) is 6.40. The van der Waals surface area contributed by atoms with Gasteiger partial charge in [-0.3, -0.25) is 4.79 Å². The number of hydrogen-bond donors (Lipinski definition) is 1. The van der Waals surface area contributed by atoms with Crippen molar-refractivity contribution in [2.24, 2.45) is 0 Å². The molecular weight excluding hydrogens is 248 g/mol. The number of carbonyl (C=O) groups is 1. The molecule has 1 aliphatic heterocycles. The van der Waals surface area contributed by atoms with Gasteiger partial charge < -0.3 is 10.2 Å². The molecule has 1 aromatic rings. The highest BCUT2D eigenvalue weighted by molar-refractivity contribution is 5.77. The van der Waals surface area contributed by atoms with E-state index in [1.807, 2.05) is 30.1 Å². The maximum Gasteiger partial charge on any atom is 0.223 e. The zero-order valence-electron chi connectivity index (χ0n) is 12.9. The molecule has 0 radical (unpaired) electrons. The lowest BCUT2D eigenvalue weighted by Gasteiger charge is -2.34. The molecule has 0 aromatic heterocycles. The molecule has 3 heteroatoms. The van der Waals surface area contributed by atoms with E-state index in [2.05, 4.69) is 31.3 Å². The largest absolute Gasteiger partial charge is 0.343 e. The lowest BCUT2D eigenvalue weighted by molar-refractivity contribution is -0.133. The molecule has 1 N–H and O–H groups in total. The van der Waals surface area contributed by atoms with Gasteiger partial charge in [-0.15, -0.1) is 0 Å². The van der Waals surface area contributed by atoms with E-state index in [0.717, 1.165) is 25.9 Å². The lowest BCUT2D eigenvalue weighted by Crippen LogP contribution is -2.45. The minimum Gasteiger partial charge on any atom is -0.343 e. The van der Waals surface area contributed by atoms with Crippen molar-refractivity contribution in [3.8, 4) is 0 Å². The second-order valence-electron chi connectivity index (χ2n) is 6.37. The molecular formula is C17H26N2O. The van der Waals surface area contributed by atoms with Crippen LogP contribution in [0.4, 0.5) is 0 Å². The third kappa shape index (κ3) is 3.60. The smallest absolute Gasteiger partial charge is 0.223 e. The molecule has 0 atom stereocenters. The molecule has 1 amide bonds. The Morgan fingerprint density at radius 2 is 1.85 bits per heavy atom. The molecule has 0 aliphatic carbocycles. The van der Waals surface area contributed by atoms with Gasteiger partial charge in [0, 0.05) is 25.6 Å². The molecule has 2 rings (SSSR count). The zero-order valence-corrected chi connectivity index (χ0v) is 12.9. The molecule has 20 heavy (non-hydrogen) atoms. The second-order valence-corrected chi connectivity index (χ2v) is 6.37. The van der Waals surface area contributed by atoms with Gasteiger partial charge in [0.1, 0.15) is 0 Å². The summed E-state index contributed by atoms with van der Waals surface area (Å²) >= 11 is 0. The molecule has 1 saturated heterocycles. The molecule has 1 aromatic carbocycles. The van der Waals surface area contributed by atoms with Gasteiger partial charge in [-0.1, -0.05) is 44.2 Å². The van der Waals surface area contributed by atoms with Crippen molar-refractivity contribution in [1.29, 1.82) is 0 Å². The van der Waals surface area contributed by atoms with Crippen molar-refractivity contribution in [2.75, 3.05) is 20.1 Å². The summed E-state index contributed by atoms with van der Waals surface area (Å²) in [5.74, 6) is 0.286. The first kappa shape index (κ1) is 15.0. The third-order valence-electron chi connectivity index (χ3n) is 4.40. The van der Waals surface area contributed by atoms with Crippen molar-refractivity contribution >= 4 is 5.91 Å². The van der Waals surface area contributed by atoms with E-state index in [0.29, 0.717) is 12.5 Å². The number of likely N-dealkylation sites (tertiary alicyclic amines) is 1. The summed E-state index contributed by atoms with van der Waals surface area (Å²) in [6.07, 6.45) is 2.71. The Balaban J connectivity index is 1.94. The third-order valence-corrected chi connectivity index (χ3v) is 4.40. The summed E-state index contributed by atoms with van der Waals surface area (Å²) in [5.41, 5.74) is 1.14. The molecule has 1 aliphatic rings. The van der Waals surface area contributed by atoms with Gasteiger partial charge in [0.25, 0.3) is 0 Å². The molecule has 1 fully saturated rings. The van der Waals surface area contributed by atoms with Gasteiger partial charge in [-0.05, 0) is 30.9 Å². The predicted molar refractivity (Wildman–Crippen MR) is 82.7 cm³/mol. The van der Waals surface area contributed by atoms with Crippen LogP contribution < -0.4 is 5.32 Å². The van der Waals surface area contributed by atoms with E-state index in [9.17, 15) is 4.79 Å². The topological polar surface area (TPSA) is 32.3 Å². The number of benzene rings is 1. The Hall–Kier alpha value is -1.35. The summed E-state index contributed by atoms with van der Waals surface area (Å²) < 4.78 is 0. The van der Waals surface area contributed by atoms with Crippen LogP contribution in [0, 0.1) is 0 Å². The number of hydrogen-bond acceptors (Lipinski definition) is 2. The first-order chi connectivity index (χ1) is 9.53. The van der Waals surface area contributed by atoms with Crippen molar-refractivity contribution in [2.45, 2.75) is 44.6 Å². The molecule has 110 valence electrons. The highest BCUT2D eigenvalue weighted by atomic mass is 16.2. The molecule has 3 nitrogen and oxygen atoms in total. The number of carbonyl (C=O) groups excluding carboxylic acids is 1. The first-order valence-corrected chi connectivity index (χ1v) is 7.53. The average Bonchev–Trinajstić information content (AvgIpc) is 2.48. The van der Waals surface area contributed by atoms with Crippen LogP contribution in [0.25, 0.3) is 0 Å². The Kier molecular flexibility index (Phi) is 4.81. The summed E-state index contributed by atoms with van der Waals surface area (Å²) in [6.45, 7) is 6.07. The fourth-order valence-corrected chi connectivity index (χ4v) is 2.90. The van der Waals surface area contributed by atoms with Gasteiger partial charge in [0.2, 0.25) is 5.91 Å². The summed E-state index contributed by atoms with van der Waals surface area (Å²) in [5, 5.41) is 3.30. The number of nitrogens with one attached hydrogen (secondary N) is 1. The van der Waals surface area contributed by atoms with Gasteiger partial charge >= 0.3 is 0 Å². The van der Waals surface area contributed by atoms with E-state index in [4.69, 9.17) is 0 Å². The van der Waals surface area contributed by atoms with Gasteiger partial charge in [0.15, 0.2) is 0 Å². The highest BCUT2D eigenvalue weighted by Crippen LogP contribution is 2.28. The maximum absolute atomic E-state index is 12.5. The average molecular weight is 274 g/mol. The van der Waals surface area contributed by atoms with E-state index in [1.54, 1.807) is 0 Å². The standard InChI is InChI=1S/C17H26N2O/c1-17(2,14-7-5-4-6-8-14)13-16(20)19-11-9-15(18-3)10-12-19/h4-8,15,18H,9-13H2,1-3H3. The van der Waals surface area contributed by atoms with Crippen LogP contribution in [-0.2, 0) is 10.2 Å². The van der Waals surface area contributed by atoms with Gasteiger partial charge in [-0.2, -0.15) is 0 Å². The monoisotopic (exact) mass is 274 g/mol. The van der Waals surface area contributed by atoms with E-state index < -0.39 is 0 Å². The van der Waals surface area contributed by atoms with Crippen molar-refractivity contribution < 1.29 is 4.79 Å². The van der Waals surface area contributed by atoms with Crippen LogP contribution >= 0.6 is 0 Å². The summed E-state index contributed by atoms with van der Waals surface area (Å²) in [4.78, 5) is 14.5. The van der Waals surface area contributed by atoms with Crippen LogP contribution in [0.3, 0.4) is 0 Å². The van der Waals surface area contributed by atoms with Crippen LogP contribution in [-0.4, -0.2) is 37.0 Å². The van der Waals surface area contributed by atoms with E-state index in [-0.39, 0.29) is 11.3 Å². The summed E-state index contributed by atoms with van der Waals surface area (Å²) in [7, 11) is 2.00.